The van der Waals surface area contributed by atoms with Crippen LogP contribution < -0.4 is 5.32 Å². The van der Waals surface area contributed by atoms with Gasteiger partial charge in [0.2, 0.25) is 0 Å². The lowest BCUT2D eigenvalue weighted by Crippen LogP contribution is -2.19. The molecule has 18 heavy (non-hydrogen) atoms. The van der Waals surface area contributed by atoms with E-state index in [1.807, 2.05) is 6.07 Å². The number of nitrogens with one attached hydrogen (secondary N) is 1. The molecule has 2 aromatic heterocycles. The molecule has 5 nitrogen and oxygen atoms in total. The van der Waals surface area contributed by atoms with Gasteiger partial charge in [-0.3, -0.25) is 4.98 Å². The van der Waals surface area contributed by atoms with E-state index in [1.54, 1.807) is 12.4 Å². The SMILES string of the molecule is Clc1nnc(NCC2CCCO2)c2ccncc12. The maximum Gasteiger partial charge on any atom is 0.161 e. The minimum absolute atomic E-state index is 0.263. The highest BCUT2D eigenvalue weighted by atomic mass is 35.5. The first-order valence-electron chi connectivity index (χ1n) is 5.96. The van der Waals surface area contributed by atoms with Gasteiger partial charge >= 0.3 is 0 Å². The second kappa shape index (κ2) is 5.04. The highest BCUT2D eigenvalue weighted by molar-refractivity contribution is 6.34. The van der Waals surface area contributed by atoms with Crippen LogP contribution in [0.15, 0.2) is 18.5 Å². The lowest BCUT2D eigenvalue weighted by molar-refractivity contribution is 0.120. The molecule has 1 saturated heterocycles. The van der Waals surface area contributed by atoms with Crippen molar-refractivity contribution in [3.63, 3.8) is 0 Å². The normalized spacial score (nSPS) is 19.3. The van der Waals surface area contributed by atoms with Crippen molar-refractivity contribution in [1.29, 1.82) is 0 Å². The predicted octanol–water partition coefficient (Wildman–Crippen LogP) is 2.27. The van der Waals surface area contributed by atoms with Crippen LogP contribution in [0.2, 0.25) is 5.15 Å². The molecule has 1 N–H and O–H groups in total. The molecule has 6 heteroatoms. The fourth-order valence-electron chi connectivity index (χ4n) is 2.11. The molecular weight excluding hydrogens is 252 g/mol. The second-order valence-electron chi connectivity index (χ2n) is 4.28. The summed E-state index contributed by atoms with van der Waals surface area (Å²) >= 11 is 5.99. The predicted molar refractivity (Wildman–Crippen MR) is 69.8 cm³/mol. The summed E-state index contributed by atoms with van der Waals surface area (Å²) in [6.45, 7) is 1.59. The third-order valence-corrected chi connectivity index (χ3v) is 3.34. The minimum Gasteiger partial charge on any atom is -0.376 e. The van der Waals surface area contributed by atoms with Crippen molar-refractivity contribution < 1.29 is 4.74 Å². The Kier molecular flexibility index (Phi) is 3.25. The number of fused-ring (bicyclic) bond motifs is 1. The summed E-state index contributed by atoms with van der Waals surface area (Å²) in [5.74, 6) is 0.729. The molecule has 3 rings (SSSR count). The molecule has 0 amide bonds. The Morgan fingerprint density at radius 1 is 1.39 bits per heavy atom. The number of rotatable bonds is 3. The summed E-state index contributed by atoms with van der Waals surface area (Å²) in [5.41, 5.74) is 0. The minimum atomic E-state index is 0.263. The monoisotopic (exact) mass is 264 g/mol. The topological polar surface area (TPSA) is 59.9 Å². The Bertz CT molecular complexity index is 557. The van der Waals surface area contributed by atoms with Crippen molar-refractivity contribution in [2.75, 3.05) is 18.5 Å². The van der Waals surface area contributed by atoms with E-state index in [-0.39, 0.29) is 6.10 Å². The lowest BCUT2D eigenvalue weighted by Gasteiger charge is -2.12. The molecule has 0 radical (unpaired) electrons. The fourth-order valence-corrected chi connectivity index (χ4v) is 2.30. The van der Waals surface area contributed by atoms with Gasteiger partial charge in [-0.15, -0.1) is 10.2 Å². The van der Waals surface area contributed by atoms with E-state index in [0.29, 0.717) is 5.15 Å². The molecule has 1 aliphatic heterocycles. The number of aromatic nitrogens is 3. The molecule has 3 heterocycles. The van der Waals surface area contributed by atoms with Crippen LogP contribution >= 0.6 is 11.6 Å². The van der Waals surface area contributed by atoms with Gasteiger partial charge in [-0.05, 0) is 18.9 Å². The zero-order valence-electron chi connectivity index (χ0n) is 9.77. The molecule has 1 atom stereocenters. The van der Waals surface area contributed by atoms with Gasteiger partial charge in [0, 0.05) is 36.3 Å². The van der Waals surface area contributed by atoms with Crippen LogP contribution in [0.25, 0.3) is 10.8 Å². The van der Waals surface area contributed by atoms with E-state index in [1.165, 1.54) is 0 Å². The molecule has 1 fully saturated rings. The van der Waals surface area contributed by atoms with Gasteiger partial charge in [-0.25, -0.2) is 0 Å². The van der Waals surface area contributed by atoms with Crippen LogP contribution in [0, 0.1) is 0 Å². The highest BCUT2D eigenvalue weighted by Crippen LogP contribution is 2.25. The first-order chi connectivity index (χ1) is 8.84. The van der Waals surface area contributed by atoms with Crippen molar-refractivity contribution in [2.45, 2.75) is 18.9 Å². The van der Waals surface area contributed by atoms with E-state index in [0.717, 1.165) is 42.6 Å². The van der Waals surface area contributed by atoms with Crippen molar-refractivity contribution in [3.05, 3.63) is 23.6 Å². The molecule has 1 aliphatic rings. The largest absolute Gasteiger partial charge is 0.376 e. The van der Waals surface area contributed by atoms with E-state index in [2.05, 4.69) is 20.5 Å². The Labute approximate surface area is 110 Å². The molecule has 0 spiro atoms. The van der Waals surface area contributed by atoms with E-state index >= 15 is 0 Å². The summed E-state index contributed by atoms with van der Waals surface area (Å²) in [4.78, 5) is 4.05. The zero-order valence-corrected chi connectivity index (χ0v) is 10.5. The maximum absolute atomic E-state index is 5.99. The van der Waals surface area contributed by atoms with Gasteiger partial charge in [0.05, 0.1) is 6.10 Å². The molecule has 0 bridgehead atoms. The average molecular weight is 265 g/mol. The van der Waals surface area contributed by atoms with Crippen LogP contribution in [0.5, 0.6) is 0 Å². The Morgan fingerprint density at radius 2 is 2.33 bits per heavy atom. The Balaban J connectivity index is 1.85. The van der Waals surface area contributed by atoms with Crippen molar-refractivity contribution in [1.82, 2.24) is 15.2 Å². The molecule has 94 valence electrons. The van der Waals surface area contributed by atoms with Crippen molar-refractivity contribution >= 4 is 28.2 Å². The zero-order chi connectivity index (χ0) is 12.4. The summed E-state index contributed by atoms with van der Waals surface area (Å²) in [5, 5.41) is 13.4. The van der Waals surface area contributed by atoms with E-state index < -0.39 is 0 Å². The Hall–Kier alpha value is -1.46. The summed E-state index contributed by atoms with van der Waals surface area (Å²) in [6.07, 6.45) is 5.90. The van der Waals surface area contributed by atoms with Gasteiger partial charge in [-0.2, -0.15) is 0 Å². The fraction of sp³-hybridized carbons (Fsp3) is 0.417. The Morgan fingerprint density at radius 3 is 3.17 bits per heavy atom. The number of pyridine rings is 1. The first-order valence-corrected chi connectivity index (χ1v) is 6.34. The number of ether oxygens (including phenoxy) is 1. The molecule has 1 unspecified atom stereocenters. The molecule has 0 aliphatic carbocycles. The van der Waals surface area contributed by atoms with Crippen molar-refractivity contribution in [3.8, 4) is 0 Å². The molecule has 0 aromatic carbocycles. The summed E-state index contributed by atoms with van der Waals surface area (Å²) in [7, 11) is 0. The summed E-state index contributed by atoms with van der Waals surface area (Å²) in [6, 6.07) is 1.88. The van der Waals surface area contributed by atoms with E-state index in [4.69, 9.17) is 16.3 Å². The van der Waals surface area contributed by atoms with Gasteiger partial charge < -0.3 is 10.1 Å². The molecule has 2 aromatic rings. The number of hydrogen-bond acceptors (Lipinski definition) is 5. The van der Waals surface area contributed by atoms with Crippen LogP contribution in [0.4, 0.5) is 5.82 Å². The van der Waals surface area contributed by atoms with Crippen LogP contribution in [0.1, 0.15) is 12.8 Å². The van der Waals surface area contributed by atoms with Crippen LogP contribution in [0.3, 0.4) is 0 Å². The van der Waals surface area contributed by atoms with E-state index in [9.17, 15) is 0 Å². The number of nitrogens with zero attached hydrogens (tertiary/aromatic N) is 3. The smallest absolute Gasteiger partial charge is 0.161 e. The lowest BCUT2D eigenvalue weighted by atomic mass is 10.2. The quantitative estimate of drug-likeness (QED) is 0.922. The molecule has 0 saturated carbocycles. The third-order valence-electron chi connectivity index (χ3n) is 3.06. The molecular formula is C12H13ClN4O. The van der Waals surface area contributed by atoms with Crippen molar-refractivity contribution in [2.24, 2.45) is 0 Å². The van der Waals surface area contributed by atoms with Gasteiger partial charge in [0.1, 0.15) is 0 Å². The summed E-state index contributed by atoms with van der Waals surface area (Å²) < 4.78 is 5.56. The van der Waals surface area contributed by atoms with Gasteiger partial charge in [0.25, 0.3) is 0 Å². The number of halogens is 1. The standard InChI is InChI=1S/C12H13ClN4O/c13-11-10-7-14-4-3-9(10)12(17-16-11)15-6-8-2-1-5-18-8/h3-4,7-8H,1-2,5-6H2,(H,15,17). The third kappa shape index (κ3) is 2.23. The maximum atomic E-state index is 5.99. The highest BCUT2D eigenvalue weighted by Gasteiger charge is 2.16. The first kappa shape index (κ1) is 11.6. The average Bonchev–Trinajstić information content (AvgIpc) is 2.92. The second-order valence-corrected chi connectivity index (χ2v) is 4.63. The van der Waals surface area contributed by atoms with Gasteiger partial charge in [-0.1, -0.05) is 11.6 Å². The van der Waals surface area contributed by atoms with Crippen LogP contribution in [-0.4, -0.2) is 34.4 Å². The van der Waals surface area contributed by atoms with Crippen LogP contribution in [-0.2, 0) is 4.74 Å². The van der Waals surface area contributed by atoms with Gasteiger partial charge in [0.15, 0.2) is 11.0 Å². The number of anilines is 1. The number of hydrogen-bond donors (Lipinski definition) is 1.